The number of ketones is 1. The Hall–Kier alpha value is -3.42. The maximum absolute atomic E-state index is 13.5. The number of hydrogen-bond acceptors (Lipinski definition) is 6. The van der Waals surface area contributed by atoms with Gasteiger partial charge < -0.3 is 19.5 Å². The molecule has 0 heterocycles. The van der Waals surface area contributed by atoms with Gasteiger partial charge in [-0.2, -0.15) is 0 Å². The maximum Gasteiger partial charge on any atom is 0.325 e. The Kier molecular flexibility index (Phi) is 6.87. The van der Waals surface area contributed by atoms with Crippen LogP contribution in [-0.2, 0) is 9.53 Å². The summed E-state index contributed by atoms with van der Waals surface area (Å²) >= 11 is 0. The highest BCUT2D eigenvalue weighted by Gasteiger charge is 2.17. The lowest BCUT2D eigenvalue weighted by Gasteiger charge is -2.10. The molecule has 0 fully saturated rings. The standard InChI is InChI=1S/C19H18FNO6/c1-25-12-7-8-17(26-2)14(9-12)16(22)11-27-18(23)10-21-19(24)13-5-3-4-6-15(13)20/h3-9H,10-11H2,1-2H3,(H,21,24). The third-order valence-corrected chi connectivity index (χ3v) is 3.58. The Balaban J connectivity index is 1.89. The van der Waals surface area contributed by atoms with Crippen LogP contribution in [0.25, 0.3) is 0 Å². The fourth-order valence-electron chi connectivity index (χ4n) is 2.20. The van der Waals surface area contributed by atoms with E-state index in [9.17, 15) is 18.8 Å². The molecule has 0 saturated heterocycles. The average molecular weight is 375 g/mol. The van der Waals surface area contributed by atoms with Crippen molar-refractivity contribution in [1.82, 2.24) is 5.32 Å². The predicted octanol–water partition coefficient (Wildman–Crippen LogP) is 2.00. The van der Waals surface area contributed by atoms with E-state index in [-0.39, 0.29) is 11.1 Å². The highest BCUT2D eigenvalue weighted by atomic mass is 19.1. The summed E-state index contributed by atoms with van der Waals surface area (Å²) in [6.45, 7) is -1.05. The molecule has 142 valence electrons. The molecule has 0 aromatic heterocycles. The summed E-state index contributed by atoms with van der Waals surface area (Å²) in [5.74, 6) is -2.05. The van der Waals surface area contributed by atoms with Gasteiger partial charge in [0.25, 0.3) is 5.91 Å². The van der Waals surface area contributed by atoms with E-state index < -0.39 is 36.6 Å². The molecule has 1 N–H and O–H groups in total. The lowest BCUT2D eigenvalue weighted by Crippen LogP contribution is -2.32. The number of ether oxygens (including phenoxy) is 3. The zero-order chi connectivity index (χ0) is 19.8. The van der Waals surface area contributed by atoms with Gasteiger partial charge in [-0.25, -0.2) is 4.39 Å². The van der Waals surface area contributed by atoms with Crippen LogP contribution in [0.5, 0.6) is 11.5 Å². The fraction of sp³-hybridized carbons (Fsp3) is 0.211. The largest absolute Gasteiger partial charge is 0.497 e. The molecule has 7 nitrogen and oxygen atoms in total. The minimum atomic E-state index is -0.838. The van der Waals surface area contributed by atoms with Crippen LogP contribution in [0.4, 0.5) is 4.39 Å². The van der Waals surface area contributed by atoms with Gasteiger partial charge in [0.15, 0.2) is 6.61 Å². The summed E-state index contributed by atoms with van der Waals surface area (Å²) in [6.07, 6.45) is 0. The lowest BCUT2D eigenvalue weighted by molar-refractivity contribution is -0.141. The van der Waals surface area contributed by atoms with Crippen LogP contribution >= 0.6 is 0 Å². The first kappa shape index (κ1) is 19.9. The number of esters is 1. The summed E-state index contributed by atoms with van der Waals surface area (Å²) in [7, 11) is 2.86. The highest BCUT2D eigenvalue weighted by Crippen LogP contribution is 2.24. The Morgan fingerprint density at radius 3 is 2.41 bits per heavy atom. The van der Waals surface area contributed by atoms with Gasteiger partial charge in [0.2, 0.25) is 5.78 Å². The van der Waals surface area contributed by atoms with E-state index in [2.05, 4.69) is 5.32 Å². The van der Waals surface area contributed by atoms with E-state index >= 15 is 0 Å². The van der Waals surface area contributed by atoms with Gasteiger partial charge in [-0.3, -0.25) is 14.4 Å². The van der Waals surface area contributed by atoms with E-state index in [1.165, 1.54) is 38.5 Å². The van der Waals surface area contributed by atoms with Crippen LogP contribution in [0, 0.1) is 5.82 Å². The second-order valence-corrected chi connectivity index (χ2v) is 5.31. The molecule has 2 rings (SSSR count). The molecule has 0 aliphatic carbocycles. The molecule has 0 atom stereocenters. The molecule has 0 spiro atoms. The summed E-state index contributed by atoms with van der Waals surface area (Å²) < 4.78 is 28.5. The number of methoxy groups -OCH3 is 2. The van der Waals surface area contributed by atoms with Gasteiger partial charge in [0.05, 0.1) is 25.3 Å². The number of carbonyl (C=O) groups excluding carboxylic acids is 3. The van der Waals surface area contributed by atoms with Crippen molar-refractivity contribution in [3.8, 4) is 11.5 Å². The van der Waals surface area contributed by atoms with Gasteiger partial charge in [-0.05, 0) is 30.3 Å². The van der Waals surface area contributed by atoms with Crippen molar-refractivity contribution < 1.29 is 33.0 Å². The first-order valence-electron chi connectivity index (χ1n) is 7.89. The SMILES string of the molecule is COc1ccc(OC)c(C(=O)COC(=O)CNC(=O)c2ccccc2F)c1. The monoisotopic (exact) mass is 375 g/mol. The second-order valence-electron chi connectivity index (χ2n) is 5.31. The molecular formula is C19H18FNO6. The van der Waals surface area contributed by atoms with Crippen LogP contribution in [0.3, 0.4) is 0 Å². The highest BCUT2D eigenvalue weighted by molar-refractivity contribution is 6.01. The lowest BCUT2D eigenvalue weighted by atomic mass is 10.1. The van der Waals surface area contributed by atoms with Crippen molar-refractivity contribution >= 4 is 17.7 Å². The van der Waals surface area contributed by atoms with Crippen LogP contribution in [0.1, 0.15) is 20.7 Å². The molecule has 2 aromatic rings. The zero-order valence-corrected chi connectivity index (χ0v) is 14.8. The zero-order valence-electron chi connectivity index (χ0n) is 14.8. The molecule has 8 heteroatoms. The first-order valence-corrected chi connectivity index (χ1v) is 7.89. The number of hydrogen-bond donors (Lipinski definition) is 1. The van der Waals surface area contributed by atoms with Crippen molar-refractivity contribution in [3.63, 3.8) is 0 Å². The Morgan fingerprint density at radius 1 is 1.00 bits per heavy atom. The molecule has 0 aliphatic heterocycles. The van der Waals surface area contributed by atoms with E-state index in [0.29, 0.717) is 11.5 Å². The summed E-state index contributed by atoms with van der Waals surface area (Å²) in [5.41, 5.74) is 0.00235. The third kappa shape index (κ3) is 5.27. The van der Waals surface area contributed by atoms with Gasteiger partial charge in [-0.15, -0.1) is 0 Å². The number of Topliss-reactive ketones (excluding diaryl/α,β-unsaturated/α-hetero) is 1. The van der Waals surface area contributed by atoms with Crippen molar-refractivity contribution in [2.24, 2.45) is 0 Å². The van der Waals surface area contributed by atoms with Crippen LogP contribution in [-0.4, -0.2) is 45.0 Å². The summed E-state index contributed by atoms with van der Waals surface area (Å²) in [5, 5.41) is 2.23. The summed E-state index contributed by atoms with van der Waals surface area (Å²) in [4.78, 5) is 35.8. The number of rotatable bonds is 8. The predicted molar refractivity (Wildman–Crippen MR) is 93.6 cm³/mol. The van der Waals surface area contributed by atoms with Gasteiger partial charge in [0, 0.05) is 0 Å². The normalized spacial score (nSPS) is 10.0. The van der Waals surface area contributed by atoms with E-state index in [1.54, 1.807) is 12.1 Å². The fourth-order valence-corrected chi connectivity index (χ4v) is 2.20. The molecule has 0 bridgehead atoms. The van der Waals surface area contributed by atoms with Crippen LogP contribution in [0.2, 0.25) is 0 Å². The van der Waals surface area contributed by atoms with E-state index in [0.717, 1.165) is 6.07 Å². The molecule has 1 amide bonds. The topological polar surface area (TPSA) is 90.9 Å². The quantitative estimate of drug-likeness (QED) is 0.561. The number of halogens is 1. The van der Waals surface area contributed by atoms with Crippen LogP contribution < -0.4 is 14.8 Å². The number of amides is 1. The average Bonchev–Trinajstić information content (AvgIpc) is 2.69. The van der Waals surface area contributed by atoms with Crippen molar-refractivity contribution in [2.75, 3.05) is 27.4 Å². The van der Waals surface area contributed by atoms with Crippen molar-refractivity contribution in [1.29, 1.82) is 0 Å². The number of benzene rings is 2. The Morgan fingerprint density at radius 2 is 1.74 bits per heavy atom. The Bertz CT molecular complexity index is 852. The molecule has 27 heavy (non-hydrogen) atoms. The Labute approximate surface area is 155 Å². The first-order chi connectivity index (χ1) is 13.0. The number of nitrogens with one attached hydrogen (secondary N) is 1. The smallest absolute Gasteiger partial charge is 0.325 e. The third-order valence-electron chi connectivity index (χ3n) is 3.58. The van der Waals surface area contributed by atoms with Gasteiger partial charge in [-0.1, -0.05) is 12.1 Å². The maximum atomic E-state index is 13.5. The number of carbonyl (C=O) groups is 3. The minimum absolute atomic E-state index is 0.192. The van der Waals surface area contributed by atoms with Gasteiger partial charge in [0.1, 0.15) is 23.9 Å². The molecule has 0 unspecified atom stereocenters. The molecule has 2 aromatic carbocycles. The molecule has 0 radical (unpaired) electrons. The minimum Gasteiger partial charge on any atom is -0.497 e. The molecule has 0 aliphatic rings. The van der Waals surface area contributed by atoms with E-state index in [4.69, 9.17) is 14.2 Å². The van der Waals surface area contributed by atoms with Crippen molar-refractivity contribution in [2.45, 2.75) is 0 Å². The van der Waals surface area contributed by atoms with Gasteiger partial charge >= 0.3 is 5.97 Å². The van der Waals surface area contributed by atoms with Crippen molar-refractivity contribution in [3.05, 3.63) is 59.4 Å². The van der Waals surface area contributed by atoms with E-state index in [1.807, 2.05) is 0 Å². The van der Waals surface area contributed by atoms with Crippen LogP contribution in [0.15, 0.2) is 42.5 Å². The molecular weight excluding hydrogens is 357 g/mol. The second kappa shape index (κ2) is 9.33. The summed E-state index contributed by atoms with van der Waals surface area (Å²) in [6, 6.07) is 10.0. The molecule has 0 saturated carbocycles.